The van der Waals surface area contributed by atoms with Crippen molar-refractivity contribution in [1.29, 1.82) is 0 Å². The first-order valence-electron chi connectivity index (χ1n) is 8.63. The van der Waals surface area contributed by atoms with E-state index in [1.807, 2.05) is 20.8 Å². The van der Waals surface area contributed by atoms with E-state index in [1.54, 1.807) is 31.2 Å². The smallest absolute Gasteiger partial charge is 0.322 e. The van der Waals surface area contributed by atoms with Gasteiger partial charge in [0.25, 0.3) is 11.8 Å². The van der Waals surface area contributed by atoms with Crippen molar-refractivity contribution >= 4 is 11.9 Å². The second kappa shape index (κ2) is 7.94. The topological polar surface area (TPSA) is 99.6 Å². The summed E-state index contributed by atoms with van der Waals surface area (Å²) < 4.78 is 22.0. The van der Waals surface area contributed by atoms with Crippen LogP contribution in [0, 0.1) is 13.8 Å². The van der Waals surface area contributed by atoms with Crippen molar-refractivity contribution in [2.75, 3.05) is 18.5 Å². The number of furan rings is 1. The van der Waals surface area contributed by atoms with E-state index in [1.165, 1.54) is 0 Å². The van der Waals surface area contributed by atoms with Crippen molar-refractivity contribution in [2.24, 2.45) is 0 Å². The molecule has 0 bridgehead atoms. The first-order chi connectivity index (χ1) is 13.0. The number of carbonyl (C=O) groups excluding carboxylic acids is 1. The summed E-state index contributed by atoms with van der Waals surface area (Å²) >= 11 is 0. The lowest BCUT2D eigenvalue weighted by Gasteiger charge is -2.11. The number of hydrogen-bond acceptors (Lipinski definition) is 7. The van der Waals surface area contributed by atoms with E-state index in [-0.39, 0.29) is 11.9 Å². The highest BCUT2D eigenvalue weighted by atomic mass is 16.5. The molecule has 3 aromatic rings. The van der Waals surface area contributed by atoms with Crippen LogP contribution < -0.4 is 14.8 Å². The number of ether oxygens (including phenoxy) is 2. The van der Waals surface area contributed by atoms with E-state index < -0.39 is 5.91 Å². The van der Waals surface area contributed by atoms with Crippen molar-refractivity contribution in [2.45, 2.75) is 27.7 Å². The molecular weight excluding hydrogens is 350 g/mol. The van der Waals surface area contributed by atoms with Crippen molar-refractivity contribution in [3.8, 4) is 23.0 Å². The molecule has 0 saturated carbocycles. The Hall–Kier alpha value is -3.29. The average molecular weight is 371 g/mol. The zero-order valence-electron chi connectivity index (χ0n) is 15.7. The van der Waals surface area contributed by atoms with Gasteiger partial charge < -0.3 is 18.3 Å². The number of aryl methyl sites for hydroxylation is 2. The third-order valence-corrected chi connectivity index (χ3v) is 3.72. The summed E-state index contributed by atoms with van der Waals surface area (Å²) in [5.74, 6) is 2.38. The van der Waals surface area contributed by atoms with Gasteiger partial charge in [0, 0.05) is 5.56 Å². The van der Waals surface area contributed by atoms with Gasteiger partial charge in [0.1, 0.15) is 11.5 Å². The standard InChI is InChI=1S/C19H21N3O5/c1-5-24-15-8-7-13(10-16(15)25-6-2)17(23)20-19-22-21-18(27-19)14-9-11(3)26-12(14)4/h7-10H,5-6H2,1-4H3,(H,20,22,23). The van der Waals surface area contributed by atoms with Crippen LogP contribution in [0.25, 0.3) is 11.5 Å². The quantitative estimate of drug-likeness (QED) is 0.670. The Kier molecular flexibility index (Phi) is 5.44. The number of hydrogen-bond donors (Lipinski definition) is 1. The summed E-state index contributed by atoms with van der Waals surface area (Å²) in [6, 6.07) is 6.75. The van der Waals surface area contributed by atoms with Gasteiger partial charge in [-0.05, 0) is 52.0 Å². The summed E-state index contributed by atoms with van der Waals surface area (Å²) in [7, 11) is 0. The number of aromatic nitrogens is 2. The fraction of sp³-hybridized carbons (Fsp3) is 0.316. The minimum absolute atomic E-state index is 0.0000904. The SMILES string of the molecule is CCOc1ccc(C(=O)Nc2nnc(-c3cc(C)oc3C)o2)cc1OCC. The van der Waals surface area contributed by atoms with Crippen molar-refractivity contribution in [1.82, 2.24) is 10.2 Å². The Morgan fingerprint density at radius 2 is 1.78 bits per heavy atom. The Balaban J connectivity index is 1.77. The molecule has 1 amide bonds. The van der Waals surface area contributed by atoms with Gasteiger partial charge in [-0.1, -0.05) is 5.10 Å². The highest BCUT2D eigenvalue weighted by molar-refractivity contribution is 6.03. The molecule has 0 fully saturated rings. The highest BCUT2D eigenvalue weighted by Gasteiger charge is 2.17. The number of nitrogens with zero attached hydrogens (tertiary/aromatic N) is 2. The minimum atomic E-state index is -0.394. The molecule has 0 unspecified atom stereocenters. The summed E-state index contributed by atoms with van der Waals surface area (Å²) in [4.78, 5) is 12.5. The molecule has 0 aliphatic carbocycles. The van der Waals surface area contributed by atoms with Crippen LogP contribution in [0.15, 0.2) is 33.1 Å². The maximum atomic E-state index is 12.5. The molecule has 0 radical (unpaired) electrons. The van der Waals surface area contributed by atoms with Gasteiger partial charge in [-0.25, -0.2) is 0 Å². The second-order valence-corrected chi connectivity index (χ2v) is 5.72. The summed E-state index contributed by atoms with van der Waals surface area (Å²) in [5, 5.41) is 10.4. The molecule has 1 N–H and O–H groups in total. The molecule has 8 heteroatoms. The van der Waals surface area contributed by atoms with Crippen LogP contribution in [0.1, 0.15) is 35.7 Å². The van der Waals surface area contributed by atoms with E-state index in [0.29, 0.717) is 41.6 Å². The van der Waals surface area contributed by atoms with Gasteiger partial charge in [-0.3, -0.25) is 10.1 Å². The van der Waals surface area contributed by atoms with Crippen LogP contribution in [-0.4, -0.2) is 29.3 Å². The molecule has 1 aromatic carbocycles. The maximum absolute atomic E-state index is 12.5. The molecule has 0 spiro atoms. The zero-order valence-corrected chi connectivity index (χ0v) is 15.7. The van der Waals surface area contributed by atoms with Crippen LogP contribution >= 0.6 is 0 Å². The van der Waals surface area contributed by atoms with E-state index >= 15 is 0 Å². The molecule has 0 saturated heterocycles. The maximum Gasteiger partial charge on any atom is 0.322 e. The van der Waals surface area contributed by atoms with Gasteiger partial charge >= 0.3 is 6.01 Å². The van der Waals surface area contributed by atoms with Crippen molar-refractivity contribution < 1.29 is 23.1 Å². The van der Waals surface area contributed by atoms with Crippen molar-refractivity contribution in [3.63, 3.8) is 0 Å². The summed E-state index contributed by atoms with van der Waals surface area (Å²) in [6.45, 7) is 8.34. The van der Waals surface area contributed by atoms with Gasteiger partial charge in [0.15, 0.2) is 11.5 Å². The number of rotatable bonds is 7. The first-order valence-corrected chi connectivity index (χ1v) is 8.63. The molecule has 27 heavy (non-hydrogen) atoms. The van der Waals surface area contributed by atoms with Crippen LogP contribution in [0.4, 0.5) is 6.01 Å². The zero-order chi connectivity index (χ0) is 19.4. The lowest BCUT2D eigenvalue weighted by atomic mass is 10.2. The molecule has 3 rings (SSSR count). The average Bonchev–Trinajstić information content (AvgIpc) is 3.22. The Morgan fingerprint density at radius 3 is 2.44 bits per heavy atom. The third kappa shape index (κ3) is 4.11. The Morgan fingerprint density at radius 1 is 1.04 bits per heavy atom. The van der Waals surface area contributed by atoms with E-state index in [2.05, 4.69) is 15.5 Å². The Bertz CT molecular complexity index is 945. The summed E-state index contributed by atoms with van der Waals surface area (Å²) in [5.41, 5.74) is 1.08. The molecule has 2 heterocycles. The largest absolute Gasteiger partial charge is 0.490 e. The van der Waals surface area contributed by atoms with Crippen LogP contribution in [0.2, 0.25) is 0 Å². The highest BCUT2D eigenvalue weighted by Crippen LogP contribution is 2.29. The predicted octanol–water partition coefficient (Wildman–Crippen LogP) is 4.00. The third-order valence-electron chi connectivity index (χ3n) is 3.72. The lowest BCUT2D eigenvalue weighted by molar-refractivity contribution is 0.102. The molecule has 0 aliphatic heterocycles. The van der Waals surface area contributed by atoms with E-state index in [9.17, 15) is 4.79 Å². The number of benzene rings is 1. The van der Waals surface area contributed by atoms with Gasteiger partial charge in [-0.2, -0.15) is 0 Å². The van der Waals surface area contributed by atoms with Crippen LogP contribution in [0.3, 0.4) is 0 Å². The van der Waals surface area contributed by atoms with Crippen LogP contribution in [0.5, 0.6) is 11.5 Å². The number of nitrogens with one attached hydrogen (secondary N) is 1. The molecule has 2 aromatic heterocycles. The number of amides is 1. The summed E-state index contributed by atoms with van der Waals surface area (Å²) in [6.07, 6.45) is 0. The number of carbonyl (C=O) groups is 1. The predicted molar refractivity (Wildman–Crippen MR) is 98.2 cm³/mol. The molecule has 0 aliphatic rings. The molecule has 0 atom stereocenters. The fourth-order valence-corrected chi connectivity index (χ4v) is 2.59. The molecular formula is C19H21N3O5. The van der Waals surface area contributed by atoms with Crippen LogP contribution in [-0.2, 0) is 0 Å². The minimum Gasteiger partial charge on any atom is -0.490 e. The van der Waals surface area contributed by atoms with E-state index in [0.717, 1.165) is 5.76 Å². The normalized spacial score (nSPS) is 10.7. The lowest BCUT2D eigenvalue weighted by Crippen LogP contribution is -2.12. The van der Waals surface area contributed by atoms with Gasteiger partial charge in [0.05, 0.1) is 18.8 Å². The monoisotopic (exact) mass is 371 g/mol. The van der Waals surface area contributed by atoms with Gasteiger partial charge in [-0.15, -0.1) is 5.10 Å². The fourth-order valence-electron chi connectivity index (χ4n) is 2.59. The first kappa shape index (κ1) is 18.5. The second-order valence-electron chi connectivity index (χ2n) is 5.72. The Labute approximate surface area is 156 Å². The number of anilines is 1. The van der Waals surface area contributed by atoms with Gasteiger partial charge in [0.2, 0.25) is 0 Å². The molecule has 142 valence electrons. The van der Waals surface area contributed by atoms with E-state index in [4.69, 9.17) is 18.3 Å². The molecule has 8 nitrogen and oxygen atoms in total. The van der Waals surface area contributed by atoms with Crippen molar-refractivity contribution in [3.05, 3.63) is 41.3 Å².